The van der Waals surface area contributed by atoms with Crippen LogP contribution in [0.2, 0.25) is 0 Å². The number of benzene rings is 1. The van der Waals surface area contributed by atoms with Gasteiger partial charge in [0.25, 0.3) is 0 Å². The van der Waals surface area contributed by atoms with Gasteiger partial charge in [0.05, 0.1) is 37.8 Å². The Balaban J connectivity index is 1.43. The van der Waals surface area contributed by atoms with Gasteiger partial charge < -0.3 is 9.72 Å². The third kappa shape index (κ3) is 4.63. The summed E-state index contributed by atoms with van der Waals surface area (Å²) in [5.41, 5.74) is 5.85. The third-order valence-corrected chi connectivity index (χ3v) is 5.92. The summed E-state index contributed by atoms with van der Waals surface area (Å²) in [6.07, 6.45) is 7.28. The molecule has 0 unspecified atom stereocenters. The molecule has 0 fully saturated rings. The first-order valence-electron chi connectivity index (χ1n) is 11.5. The topological polar surface area (TPSA) is 104 Å². The van der Waals surface area contributed by atoms with Crippen LogP contribution in [-0.4, -0.2) is 48.0 Å². The van der Waals surface area contributed by atoms with E-state index in [1.807, 2.05) is 53.5 Å². The number of hydrogen-bond donors (Lipinski definition) is 1. The Kier molecular flexibility index (Phi) is 6.24. The molecule has 9 heteroatoms. The highest BCUT2D eigenvalue weighted by Crippen LogP contribution is 2.25. The van der Waals surface area contributed by atoms with Gasteiger partial charge in [-0.3, -0.25) is 14.2 Å². The first-order chi connectivity index (χ1) is 17.0. The summed E-state index contributed by atoms with van der Waals surface area (Å²) >= 11 is 0. The van der Waals surface area contributed by atoms with E-state index in [0.29, 0.717) is 36.7 Å². The molecule has 0 aliphatic carbocycles. The number of fused-ring (bicyclic) bond motifs is 1. The number of aromatic nitrogens is 7. The van der Waals surface area contributed by atoms with Crippen LogP contribution in [0.15, 0.2) is 66.0 Å². The molecule has 1 N–H and O–H groups in total. The van der Waals surface area contributed by atoms with Crippen molar-refractivity contribution in [1.82, 2.24) is 34.3 Å². The second-order valence-electron chi connectivity index (χ2n) is 8.72. The number of H-pyrrole nitrogens is 1. The van der Waals surface area contributed by atoms with Gasteiger partial charge in [0.15, 0.2) is 11.5 Å². The normalized spacial score (nSPS) is 11.5. The Morgan fingerprint density at radius 1 is 1.06 bits per heavy atom. The Morgan fingerprint density at radius 3 is 2.66 bits per heavy atom. The molecule has 5 rings (SSSR count). The largest absolute Gasteiger partial charge is 0.383 e. The number of nitrogens with one attached hydrogen (secondary N) is 1. The zero-order valence-corrected chi connectivity index (χ0v) is 20.0. The van der Waals surface area contributed by atoms with E-state index in [2.05, 4.69) is 33.9 Å². The van der Waals surface area contributed by atoms with Crippen LogP contribution in [0, 0.1) is 0 Å². The SMILES string of the molecule is COCCn1cc(-c2ccc(Cn3c(=O)[nH]c4cnc(-c5cccnc5C(C)C)nc43)cc2)cn1. The number of hydrogen-bond acceptors (Lipinski definition) is 6. The van der Waals surface area contributed by atoms with Crippen LogP contribution in [0.3, 0.4) is 0 Å². The van der Waals surface area contributed by atoms with Crippen LogP contribution in [0.1, 0.15) is 31.0 Å². The van der Waals surface area contributed by atoms with E-state index in [1.165, 1.54) is 0 Å². The van der Waals surface area contributed by atoms with Crippen LogP contribution in [-0.2, 0) is 17.8 Å². The summed E-state index contributed by atoms with van der Waals surface area (Å²) in [5, 5.41) is 4.38. The predicted molar refractivity (Wildman–Crippen MR) is 134 cm³/mol. The van der Waals surface area contributed by atoms with Gasteiger partial charge in [-0.15, -0.1) is 0 Å². The van der Waals surface area contributed by atoms with Gasteiger partial charge in [0.1, 0.15) is 5.52 Å². The van der Waals surface area contributed by atoms with Crippen LogP contribution in [0.4, 0.5) is 0 Å². The number of ether oxygens (including phenoxy) is 1. The van der Waals surface area contributed by atoms with E-state index in [0.717, 1.165) is 27.9 Å². The second kappa shape index (κ2) is 9.63. The predicted octanol–water partition coefficient (Wildman–Crippen LogP) is 3.86. The molecule has 1 aromatic carbocycles. The Hall–Kier alpha value is -4.11. The van der Waals surface area contributed by atoms with Crippen LogP contribution >= 0.6 is 0 Å². The quantitative estimate of drug-likeness (QED) is 0.370. The molecule has 0 saturated carbocycles. The summed E-state index contributed by atoms with van der Waals surface area (Å²) in [4.78, 5) is 29.4. The van der Waals surface area contributed by atoms with Crippen LogP contribution < -0.4 is 5.69 Å². The van der Waals surface area contributed by atoms with Crippen molar-refractivity contribution in [1.29, 1.82) is 0 Å². The first kappa shape index (κ1) is 22.7. The van der Waals surface area contributed by atoms with E-state index in [9.17, 15) is 4.79 Å². The Labute approximate surface area is 202 Å². The zero-order chi connectivity index (χ0) is 24.4. The average Bonchev–Trinajstić information content (AvgIpc) is 3.47. The Morgan fingerprint density at radius 2 is 1.89 bits per heavy atom. The van der Waals surface area contributed by atoms with E-state index in [4.69, 9.17) is 9.72 Å². The highest BCUT2D eigenvalue weighted by molar-refractivity contribution is 5.73. The highest BCUT2D eigenvalue weighted by Gasteiger charge is 2.15. The third-order valence-electron chi connectivity index (χ3n) is 5.92. The molecule has 0 amide bonds. The molecule has 0 bridgehead atoms. The monoisotopic (exact) mass is 469 g/mol. The van der Waals surface area contributed by atoms with Crippen LogP contribution in [0.5, 0.6) is 0 Å². The van der Waals surface area contributed by atoms with Crippen molar-refractivity contribution in [2.24, 2.45) is 0 Å². The smallest absolute Gasteiger partial charge is 0.328 e. The zero-order valence-electron chi connectivity index (χ0n) is 20.0. The molecule has 0 atom stereocenters. The molecule has 0 aliphatic rings. The van der Waals surface area contributed by atoms with E-state index >= 15 is 0 Å². The fraction of sp³-hybridized carbons (Fsp3) is 0.269. The molecule has 4 aromatic heterocycles. The van der Waals surface area contributed by atoms with Gasteiger partial charge in [-0.2, -0.15) is 5.10 Å². The van der Waals surface area contributed by atoms with E-state index in [-0.39, 0.29) is 11.6 Å². The molecular formula is C26H27N7O2. The molecule has 5 aromatic rings. The average molecular weight is 470 g/mol. The van der Waals surface area contributed by atoms with E-state index < -0.39 is 0 Å². The number of nitrogens with zero attached hydrogens (tertiary/aromatic N) is 6. The van der Waals surface area contributed by atoms with Crippen molar-refractivity contribution >= 4 is 11.2 Å². The summed E-state index contributed by atoms with van der Waals surface area (Å²) < 4.78 is 8.62. The minimum Gasteiger partial charge on any atom is -0.383 e. The number of pyridine rings is 1. The number of imidazole rings is 1. The van der Waals surface area contributed by atoms with Crippen molar-refractivity contribution in [3.8, 4) is 22.5 Å². The molecular weight excluding hydrogens is 442 g/mol. The van der Waals surface area contributed by atoms with Gasteiger partial charge >= 0.3 is 5.69 Å². The standard InChI is InChI=1S/C26H27N7O2/c1-17(2)23-21(5-4-10-27-23)24-28-14-22-25(31-24)33(26(34)30-22)15-18-6-8-19(9-7-18)20-13-29-32(16-20)11-12-35-3/h4-10,13-14,16-17H,11-12,15H2,1-3H3,(H,30,34). The fourth-order valence-electron chi connectivity index (χ4n) is 4.09. The number of methoxy groups -OCH3 is 1. The number of aromatic amines is 1. The lowest BCUT2D eigenvalue weighted by atomic mass is 10.0. The van der Waals surface area contributed by atoms with Gasteiger partial charge in [0, 0.05) is 30.6 Å². The second-order valence-corrected chi connectivity index (χ2v) is 8.72. The lowest BCUT2D eigenvalue weighted by molar-refractivity contribution is 0.183. The number of rotatable bonds is 8. The van der Waals surface area contributed by atoms with Gasteiger partial charge in [-0.1, -0.05) is 38.1 Å². The minimum atomic E-state index is -0.217. The van der Waals surface area contributed by atoms with Crippen molar-refractivity contribution in [2.75, 3.05) is 13.7 Å². The summed E-state index contributed by atoms with van der Waals surface area (Å²) in [5.74, 6) is 0.785. The van der Waals surface area contributed by atoms with Crippen molar-refractivity contribution in [2.45, 2.75) is 32.9 Å². The molecule has 4 heterocycles. The van der Waals surface area contributed by atoms with E-state index in [1.54, 1.807) is 24.1 Å². The lowest BCUT2D eigenvalue weighted by Gasteiger charge is -2.10. The van der Waals surface area contributed by atoms with Gasteiger partial charge in [0.2, 0.25) is 0 Å². The Bertz CT molecular complexity index is 1510. The highest BCUT2D eigenvalue weighted by atomic mass is 16.5. The molecule has 9 nitrogen and oxygen atoms in total. The maximum atomic E-state index is 12.7. The van der Waals surface area contributed by atoms with Crippen molar-refractivity contribution in [3.05, 3.63) is 82.9 Å². The van der Waals surface area contributed by atoms with Crippen LogP contribution in [0.25, 0.3) is 33.7 Å². The summed E-state index contributed by atoms with van der Waals surface area (Å²) in [6, 6.07) is 12.0. The van der Waals surface area contributed by atoms with Crippen molar-refractivity contribution < 1.29 is 4.74 Å². The molecule has 0 radical (unpaired) electrons. The molecule has 0 aliphatic heterocycles. The minimum absolute atomic E-state index is 0.217. The molecule has 0 spiro atoms. The maximum Gasteiger partial charge on any atom is 0.328 e. The van der Waals surface area contributed by atoms with Gasteiger partial charge in [-0.25, -0.2) is 14.8 Å². The fourth-order valence-corrected chi connectivity index (χ4v) is 4.09. The molecule has 178 valence electrons. The van der Waals surface area contributed by atoms with Gasteiger partial charge in [-0.05, 0) is 29.2 Å². The summed E-state index contributed by atoms with van der Waals surface area (Å²) in [7, 11) is 1.68. The van der Waals surface area contributed by atoms with Crippen molar-refractivity contribution in [3.63, 3.8) is 0 Å². The summed E-state index contributed by atoms with van der Waals surface area (Å²) in [6.45, 7) is 5.90. The lowest BCUT2D eigenvalue weighted by Crippen LogP contribution is -2.17. The molecule has 0 saturated heterocycles. The first-order valence-corrected chi connectivity index (χ1v) is 11.5. The molecule has 35 heavy (non-hydrogen) atoms. The maximum absolute atomic E-state index is 12.7.